The zero-order valence-electron chi connectivity index (χ0n) is 14.4. The fraction of sp³-hybridized carbons (Fsp3) is 0.353. The number of para-hydroxylation sites is 1. The van der Waals surface area contributed by atoms with Crippen LogP contribution in [-0.4, -0.2) is 46.6 Å². The number of carbonyl (C=O) groups excluding carboxylic acids is 4. The number of amides is 3. The molecule has 2 unspecified atom stereocenters. The lowest BCUT2D eigenvalue weighted by Gasteiger charge is -2.28. The molecule has 0 radical (unpaired) electrons. The second kappa shape index (κ2) is 6.01. The van der Waals surface area contributed by atoms with Crippen LogP contribution in [0, 0.1) is 11.7 Å². The highest BCUT2D eigenvalue weighted by atomic mass is 19.1. The van der Waals surface area contributed by atoms with Gasteiger partial charge in [0.05, 0.1) is 12.3 Å². The maximum absolute atomic E-state index is 14.2. The molecule has 3 rings (SSSR count). The number of fused-ring (bicyclic) bond motifs is 1. The first-order chi connectivity index (χ1) is 12.2. The minimum atomic E-state index is -1.76. The first-order valence-corrected chi connectivity index (χ1v) is 7.94. The van der Waals surface area contributed by atoms with E-state index < -0.39 is 41.0 Å². The molecule has 0 aliphatic carbocycles. The van der Waals surface area contributed by atoms with Crippen molar-refractivity contribution >= 4 is 35.1 Å². The normalized spacial score (nSPS) is 24.6. The Balaban J connectivity index is 2.15. The SMILES string of the molecule is CCOC(=O)C1=NN(C(C)=O)C2(C)C(=O)N(c3ccccc3F)C(=O)C12. The van der Waals surface area contributed by atoms with Crippen LogP contribution in [0.2, 0.25) is 0 Å². The van der Waals surface area contributed by atoms with E-state index in [2.05, 4.69) is 5.10 Å². The van der Waals surface area contributed by atoms with Gasteiger partial charge in [-0.2, -0.15) is 5.10 Å². The van der Waals surface area contributed by atoms with Crippen molar-refractivity contribution in [2.24, 2.45) is 11.0 Å². The molecular weight excluding hydrogens is 345 g/mol. The molecule has 1 aromatic rings. The first-order valence-electron chi connectivity index (χ1n) is 7.94. The number of ether oxygens (including phenoxy) is 1. The van der Waals surface area contributed by atoms with Crippen molar-refractivity contribution in [1.29, 1.82) is 0 Å². The summed E-state index contributed by atoms with van der Waals surface area (Å²) in [6.07, 6.45) is 0. The summed E-state index contributed by atoms with van der Waals surface area (Å²) in [7, 11) is 0. The van der Waals surface area contributed by atoms with Crippen LogP contribution >= 0.6 is 0 Å². The Morgan fingerprint density at radius 2 is 1.96 bits per heavy atom. The highest BCUT2D eigenvalue weighted by Gasteiger charge is 2.68. The summed E-state index contributed by atoms with van der Waals surface area (Å²) in [4.78, 5) is 50.8. The van der Waals surface area contributed by atoms with Gasteiger partial charge in [0.2, 0.25) is 11.8 Å². The molecule has 1 saturated heterocycles. The number of hydrogen-bond acceptors (Lipinski definition) is 6. The maximum Gasteiger partial charge on any atom is 0.355 e. The Hall–Kier alpha value is -3.10. The lowest BCUT2D eigenvalue weighted by Crippen LogP contribution is -2.52. The Morgan fingerprint density at radius 3 is 2.54 bits per heavy atom. The number of nitrogens with zero attached hydrogens (tertiary/aromatic N) is 3. The summed E-state index contributed by atoms with van der Waals surface area (Å²) < 4.78 is 19.1. The summed E-state index contributed by atoms with van der Waals surface area (Å²) in [6, 6.07) is 5.27. The molecule has 136 valence electrons. The highest BCUT2D eigenvalue weighted by molar-refractivity contribution is 6.47. The molecule has 9 heteroatoms. The number of benzene rings is 1. The van der Waals surface area contributed by atoms with Gasteiger partial charge in [0.15, 0.2) is 11.3 Å². The molecule has 2 atom stereocenters. The first kappa shape index (κ1) is 17.7. The molecule has 3 amide bonds. The lowest BCUT2D eigenvalue weighted by molar-refractivity contribution is -0.142. The third kappa shape index (κ3) is 2.23. The molecule has 0 aromatic heterocycles. The van der Waals surface area contributed by atoms with Crippen molar-refractivity contribution in [3.05, 3.63) is 30.1 Å². The molecule has 0 saturated carbocycles. The average Bonchev–Trinajstić information content (AvgIpc) is 3.00. The van der Waals surface area contributed by atoms with Gasteiger partial charge >= 0.3 is 5.97 Å². The fourth-order valence-corrected chi connectivity index (χ4v) is 3.31. The van der Waals surface area contributed by atoms with Crippen LogP contribution in [-0.2, 0) is 23.9 Å². The van der Waals surface area contributed by atoms with Gasteiger partial charge in [-0.1, -0.05) is 12.1 Å². The van der Waals surface area contributed by atoms with Crippen LogP contribution in [0.1, 0.15) is 20.8 Å². The molecular formula is C17H16FN3O5. The largest absolute Gasteiger partial charge is 0.461 e. The number of esters is 1. The molecule has 1 aromatic carbocycles. The standard InChI is InChI=1S/C17H16FN3O5/c1-4-26-15(24)13-12-14(23)20(11-8-6-5-7-10(11)18)16(25)17(12,3)21(19-13)9(2)22/h5-8,12H,4H2,1-3H3. The lowest BCUT2D eigenvalue weighted by atomic mass is 9.85. The molecule has 2 aliphatic heterocycles. The fourth-order valence-electron chi connectivity index (χ4n) is 3.31. The van der Waals surface area contributed by atoms with E-state index in [4.69, 9.17) is 4.74 Å². The van der Waals surface area contributed by atoms with Gasteiger partial charge in [0, 0.05) is 6.92 Å². The van der Waals surface area contributed by atoms with Gasteiger partial charge in [0.1, 0.15) is 11.7 Å². The van der Waals surface area contributed by atoms with E-state index in [-0.39, 0.29) is 18.0 Å². The van der Waals surface area contributed by atoms with Gasteiger partial charge in [-0.15, -0.1) is 0 Å². The van der Waals surface area contributed by atoms with E-state index in [9.17, 15) is 23.6 Å². The van der Waals surface area contributed by atoms with Crippen molar-refractivity contribution < 1.29 is 28.3 Å². The molecule has 2 heterocycles. The Kier molecular flexibility index (Phi) is 4.09. The smallest absolute Gasteiger partial charge is 0.355 e. The van der Waals surface area contributed by atoms with Crippen LogP contribution in [0.25, 0.3) is 0 Å². The number of rotatable bonds is 3. The number of halogens is 1. The summed E-state index contributed by atoms with van der Waals surface area (Å²) in [5, 5.41) is 4.67. The molecule has 2 aliphatic rings. The van der Waals surface area contributed by atoms with Crippen molar-refractivity contribution in [2.45, 2.75) is 26.3 Å². The molecule has 26 heavy (non-hydrogen) atoms. The van der Waals surface area contributed by atoms with E-state index in [1.54, 1.807) is 6.92 Å². The number of anilines is 1. The quantitative estimate of drug-likeness (QED) is 0.588. The average molecular weight is 361 g/mol. The molecule has 8 nitrogen and oxygen atoms in total. The Morgan fingerprint density at radius 1 is 1.31 bits per heavy atom. The Bertz CT molecular complexity index is 868. The monoisotopic (exact) mass is 361 g/mol. The molecule has 1 fully saturated rings. The van der Waals surface area contributed by atoms with Gasteiger partial charge in [-0.25, -0.2) is 19.1 Å². The van der Waals surface area contributed by atoms with Crippen molar-refractivity contribution in [1.82, 2.24) is 5.01 Å². The van der Waals surface area contributed by atoms with Crippen molar-refractivity contribution in [3.63, 3.8) is 0 Å². The van der Waals surface area contributed by atoms with Gasteiger partial charge in [-0.3, -0.25) is 14.4 Å². The second-order valence-corrected chi connectivity index (χ2v) is 6.05. The molecule has 0 spiro atoms. The van der Waals surface area contributed by atoms with Crippen LogP contribution < -0.4 is 4.90 Å². The van der Waals surface area contributed by atoms with Crippen LogP contribution in [0.4, 0.5) is 10.1 Å². The minimum Gasteiger partial charge on any atom is -0.461 e. The molecule has 0 bridgehead atoms. The van der Waals surface area contributed by atoms with E-state index in [1.165, 1.54) is 25.1 Å². The van der Waals surface area contributed by atoms with Crippen LogP contribution in [0.5, 0.6) is 0 Å². The van der Waals surface area contributed by atoms with E-state index in [0.717, 1.165) is 18.0 Å². The topological polar surface area (TPSA) is 96.3 Å². The maximum atomic E-state index is 14.2. The van der Waals surface area contributed by atoms with Gasteiger partial charge < -0.3 is 4.74 Å². The summed E-state index contributed by atoms with van der Waals surface area (Å²) >= 11 is 0. The number of hydrogen-bond donors (Lipinski definition) is 0. The number of hydrazone groups is 1. The second-order valence-electron chi connectivity index (χ2n) is 6.05. The predicted molar refractivity (Wildman–Crippen MR) is 87.4 cm³/mol. The van der Waals surface area contributed by atoms with E-state index in [1.807, 2.05) is 0 Å². The van der Waals surface area contributed by atoms with Gasteiger partial charge in [-0.05, 0) is 26.0 Å². The predicted octanol–water partition coefficient (Wildman–Crippen LogP) is 0.855. The third-order valence-electron chi connectivity index (χ3n) is 4.46. The third-order valence-corrected chi connectivity index (χ3v) is 4.46. The Labute approximate surface area is 148 Å². The molecule has 0 N–H and O–H groups in total. The van der Waals surface area contributed by atoms with E-state index >= 15 is 0 Å². The zero-order chi connectivity index (χ0) is 19.2. The number of carbonyl (C=O) groups is 4. The highest BCUT2D eigenvalue weighted by Crippen LogP contribution is 2.43. The van der Waals surface area contributed by atoms with Crippen LogP contribution in [0.3, 0.4) is 0 Å². The summed E-state index contributed by atoms with van der Waals surface area (Å²) in [5.41, 5.74) is -2.35. The summed E-state index contributed by atoms with van der Waals surface area (Å²) in [5.74, 6) is -5.34. The number of imide groups is 1. The van der Waals surface area contributed by atoms with Gasteiger partial charge in [0.25, 0.3) is 5.91 Å². The minimum absolute atomic E-state index is 0.0283. The van der Waals surface area contributed by atoms with E-state index in [0.29, 0.717) is 4.90 Å². The summed E-state index contributed by atoms with van der Waals surface area (Å²) in [6.45, 7) is 4.09. The van der Waals surface area contributed by atoms with Crippen molar-refractivity contribution in [3.8, 4) is 0 Å². The van der Waals surface area contributed by atoms with Crippen LogP contribution in [0.15, 0.2) is 29.4 Å². The zero-order valence-corrected chi connectivity index (χ0v) is 14.4. The van der Waals surface area contributed by atoms with Crippen molar-refractivity contribution in [2.75, 3.05) is 11.5 Å².